The number of nitrogens with zero attached hydrogens (tertiary/aromatic N) is 2. The fourth-order valence-electron chi connectivity index (χ4n) is 1.95. The van der Waals surface area contributed by atoms with Gasteiger partial charge in [-0.15, -0.1) is 0 Å². The first-order valence-electron chi connectivity index (χ1n) is 6.40. The molecule has 0 aliphatic rings. The van der Waals surface area contributed by atoms with E-state index >= 15 is 0 Å². The highest BCUT2D eigenvalue weighted by atomic mass is 16.4. The Balaban J connectivity index is 2.67. The lowest BCUT2D eigenvalue weighted by Crippen LogP contribution is -2.13. The van der Waals surface area contributed by atoms with Crippen molar-refractivity contribution >= 4 is 17.6 Å². The van der Waals surface area contributed by atoms with E-state index in [2.05, 4.69) is 10.4 Å². The van der Waals surface area contributed by atoms with Crippen molar-refractivity contribution in [1.29, 1.82) is 0 Å². The summed E-state index contributed by atoms with van der Waals surface area (Å²) >= 11 is 0. The van der Waals surface area contributed by atoms with Gasteiger partial charge in [-0.25, -0.2) is 0 Å². The zero-order chi connectivity index (χ0) is 14.6. The lowest BCUT2D eigenvalue weighted by molar-refractivity contribution is -0.137. The highest BCUT2D eigenvalue weighted by Gasteiger charge is 2.15. The number of nitrogens with one attached hydrogen (secondary N) is 1. The van der Waals surface area contributed by atoms with E-state index in [1.807, 2.05) is 32.4 Å². The van der Waals surface area contributed by atoms with E-state index in [1.165, 1.54) is 0 Å². The number of aromatic nitrogens is 2. The minimum absolute atomic E-state index is 0.0106. The highest BCUT2D eigenvalue weighted by Crippen LogP contribution is 2.22. The van der Waals surface area contributed by atoms with Gasteiger partial charge in [-0.1, -0.05) is 0 Å². The molecule has 0 bridgehead atoms. The number of carboxylic acids is 1. The van der Waals surface area contributed by atoms with Crippen LogP contribution < -0.4 is 5.32 Å². The van der Waals surface area contributed by atoms with Gasteiger partial charge in [-0.05, 0) is 34.1 Å². The summed E-state index contributed by atoms with van der Waals surface area (Å²) in [4.78, 5) is 22.1. The molecule has 6 nitrogen and oxygen atoms in total. The van der Waals surface area contributed by atoms with Crippen LogP contribution in [0.3, 0.4) is 0 Å². The third kappa shape index (κ3) is 4.08. The maximum absolute atomic E-state index is 11.7. The second-order valence-corrected chi connectivity index (χ2v) is 4.88. The van der Waals surface area contributed by atoms with Gasteiger partial charge in [0.2, 0.25) is 5.91 Å². The number of amides is 1. The normalized spacial score (nSPS) is 10.8. The molecule has 0 unspecified atom stereocenters. The van der Waals surface area contributed by atoms with E-state index < -0.39 is 5.97 Å². The molecular formula is C13H21N3O3. The van der Waals surface area contributed by atoms with Crippen LogP contribution in [-0.2, 0) is 9.59 Å². The second-order valence-electron chi connectivity index (χ2n) is 4.88. The van der Waals surface area contributed by atoms with Crippen molar-refractivity contribution in [3.63, 3.8) is 0 Å². The van der Waals surface area contributed by atoms with Crippen molar-refractivity contribution in [3.8, 4) is 0 Å². The van der Waals surface area contributed by atoms with Crippen LogP contribution in [0.25, 0.3) is 0 Å². The molecule has 0 fully saturated rings. The summed E-state index contributed by atoms with van der Waals surface area (Å²) < 4.78 is 1.86. The summed E-state index contributed by atoms with van der Waals surface area (Å²) in [6, 6.07) is 0.233. The van der Waals surface area contributed by atoms with E-state index in [1.54, 1.807) is 0 Å². The van der Waals surface area contributed by atoms with Gasteiger partial charge in [0, 0.05) is 18.9 Å². The summed E-state index contributed by atoms with van der Waals surface area (Å²) in [5.41, 5.74) is 2.42. The SMILES string of the molecule is Cc1nn(C(C)C)c(C)c1NC(=O)CCCC(=O)O. The van der Waals surface area contributed by atoms with Crippen molar-refractivity contribution in [2.45, 2.75) is 53.0 Å². The molecule has 1 amide bonds. The van der Waals surface area contributed by atoms with Crippen molar-refractivity contribution in [2.24, 2.45) is 0 Å². The summed E-state index contributed by atoms with van der Waals surface area (Å²) in [6.07, 6.45) is 0.562. The first kappa shape index (κ1) is 15.2. The van der Waals surface area contributed by atoms with Crippen LogP contribution in [0.5, 0.6) is 0 Å². The number of hydrogen-bond donors (Lipinski definition) is 2. The third-order valence-electron chi connectivity index (χ3n) is 2.87. The Kier molecular flexibility index (Phi) is 5.09. The van der Waals surface area contributed by atoms with Crippen molar-refractivity contribution in [2.75, 3.05) is 5.32 Å². The molecule has 0 atom stereocenters. The largest absolute Gasteiger partial charge is 0.481 e. The van der Waals surface area contributed by atoms with E-state index in [-0.39, 0.29) is 24.8 Å². The van der Waals surface area contributed by atoms with Crippen molar-refractivity contribution in [1.82, 2.24) is 9.78 Å². The van der Waals surface area contributed by atoms with Gasteiger partial charge in [0.1, 0.15) is 0 Å². The van der Waals surface area contributed by atoms with Crippen LogP contribution in [0.15, 0.2) is 0 Å². The van der Waals surface area contributed by atoms with Crippen molar-refractivity contribution < 1.29 is 14.7 Å². The first-order chi connectivity index (χ1) is 8.82. The van der Waals surface area contributed by atoms with Crippen LogP contribution >= 0.6 is 0 Å². The number of aliphatic carboxylic acids is 1. The maximum atomic E-state index is 11.7. The molecule has 1 aromatic heterocycles. The molecule has 0 saturated carbocycles. The smallest absolute Gasteiger partial charge is 0.303 e. The molecule has 1 heterocycles. The van der Waals surface area contributed by atoms with E-state index in [9.17, 15) is 9.59 Å². The molecular weight excluding hydrogens is 246 g/mol. The summed E-state index contributed by atoms with van der Waals surface area (Å²) in [5, 5.41) is 15.7. The average Bonchev–Trinajstić information content (AvgIpc) is 2.56. The number of anilines is 1. The Labute approximate surface area is 112 Å². The minimum atomic E-state index is -0.882. The Hall–Kier alpha value is -1.85. The Morgan fingerprint density at radius 2 is 1.95 bits per heavy atom. The zero-order valence-corrected chi connectivity index (χ0v) is 11.9. The molecule has 19 heavy (non-hydrogen) atoms. The predicted molar refractivity (Wildman–Crippen MR) is 72.2 cm³/mol. The summed E-state index contributed by atoms with van der Waals surface area (Å²) in [5.74, 6) is -1.05. The fourth-order valence-corrected chi connectivity index (χ4v) is 1.95. The predicted octanol–water partition coefficient (Wildman–Crippen LogP) is 2.27. The van der Waals surface area contributed by atoms with Crippen LogP contribution in [0.2, 0.25) is 0 Å². The zero-order valence-electron chi connectivity index (χ0n) is 11.9. The molecule has 0 aromatic carbocycles. The van der Waals surface area contributed by atoms with Gasteiger partial charge in [-0.3, -0.25) is 14.3 Å². The molecule has 1 rings (SSSR count). The Bertz CT molecular complexity index is 478. The first-order valence-corrected chi connectivity index (χ1v) is 6.40. The van der Waals surface area contributed by atoms with Crippen LogP contribution in [0.1, 0.15) is 50.5 Å². The Morgan fingerprint density at radius 3 is 2.42 bits per heavy atom. The summed E-state index contributed by atoms with van der Waals surface area (Å²) in [7, 11) is 0. The second kappa shape index (κ2) is 6.36. The lowest BCUT2D eigenvalue weighted by Gasteiger charge is -2.09. The van der Waals surface area contributed by atoms with Gasteiger partial charge in [0.15, 0.2) is 0 Å². The van der Waals surface area contributed by atoms with E-state index in [4.69, 9.17) is 5.11 Å². The molecule has 0 saturated heterocycles. The molecule has 0 radical (unpaired) electrons. The van der Waals surface area contributed by atoms with E-state index in [0.717, 1.165) is 17.1 Å². The fraction of sp³-hybridized carbons (Fsp3) is 0.615. The van der Waals surface area contributed by atoms with E-state index in [0.29, 0.717) is 6.42 Å². The average molecular weight is 267 g/mol. The van der Waals surface area contributed by atoms with Crippen LogP contribution in [0, 0.1) is 13.8 Å². The molecule has 6 heteroatoms. The van der Waals surface area contributed by atoms with Crippen LogP contribution in [0.4, 0.5) is 5.69 Å². The lowest BCUT2D eigenvalue weighted by atomic mass is 10.2. The minimum Gasteiger partial charge on any atom is -0.481 e. The summed E-state index contributed by atoms with van der Waals surface area (Å²) in [6.45, 7) is 7.81. The third-order valence-corrected chi connectivity index (χ3v) is 2.87. The Morgan fingerprint density at radius 1 is 1.32 bits per heavy atom. The molecule has 0 spiro atoms. The van der Waals surface area contributed by atoms with Gasteiger partial charge < -0.3 is 10.4 Å². The van der Waals surface area contributed by atoms with Gasteiger partial charge >= 0.3 is 5.97 Å². The topological polar surface area (TPSA) is 84.2 Å². The quantitative estimate of drug-likeness (QED) is 0.828. The van der Waals surface area contributed by atoms with Gasteiger partial charge in [0.05, 0.1) is 17.1 Å². The molecule has 106 valence electrons. The number of hydrogen-bond acceptors (Lipinski definition) is 3. The van der Waals surface area contributed by atoms with Gasteiger partial charge in [-0.2, -0.15) is 5.10 Å². The standard InChI is InChI=1S/C13H21N3O3/c1-8(2)16-10(4)13(9(3)15-16)14-11(17)6-5-7-12(18)19/h8H,5-7H2,1-4H3,(H,14,17)(H,18,19). The monoisotopic (exact) mass is 267 g/mol. The number of aryl methyl sites for hydroxylation is 1. The van der Waals surface area contributed by atoms with Crippen molar-refractivity contribution in [3.05, 3.63) is 11.4 Å². The van der Waals surface area contributed by atoms with Gasteiger partial charge in [0.25, 0.3) is 0 Å². The molecule has 1 aromatic rings. The molecule has 2 N–H and O–H groups in total. The number of carbonyl (C=O) groups is 2. The maximum Gasteiger partial charge on any atom is 0.303 e. The number of rotatable bonds is 6. The highest BCUT2D eigenvalue weighted by molar-refractivity contribution is 5.92. The van der Waals surface area contributed by atoms with Crippen LogP contribution in [-0.4, -0.2) is 26.8 Å². The number of carboxylic acid groups (broad SMARTS) is 1. The number of carbonyl (C=O) groups excluding carboxylic acids is 1. The molecule has 0 aliphatic carbocycles. The molecule has 0 aliphatic heterocycles.